The third-order valence-electron chi connectivity index (χ3n) is 4.33. The third-order valence-corrected chi connectivity index (χ3v) is 5.22. The first-order valence-corrected chi connectivity index (χ1v) is 9.10. The van der Waals surface area contributed by atoms with E-state index in [-0.39, 0.29) is 11.7 Å². The van der Waals surface area contributed by atoms with Gasteiger partial charge in [-0.25, -0.2) is 18.9 Å². The number of nitrogens with zero attached hydrogens (tertiary/aromatic N) is 3. The molecule has 4 rings (SSSR count). The highest BCUT2D eigenvalue weighted by atomic mass is 32.1. The summed E-state index contributed by atoms with van der Waals surface area (Å²) in [5, 5.41) is 7.43. The number of nitrogens with one attached hydrogen (secondary N) is 1. The predicted molar refractivity (Wildman–Crippen MR) is 97.0 cm³/mol. The van der Waals surface area contributed by atoms with Gasteiger partial charge in [0.1, 0.15) is 10.7 Å². The Hall–Kier alpha value is -3.07. The lowest BCUT2D eigenvalue weighted by Gasteiger charge is -2.05. The number of amides is 1. The van der Waals surface area contributed by atoms with E-state index >= 15 is 0 Å². The molecule has 0 unspecified atom stereocenters. The average Bonchev–Trinajstić information content (AvgIpc) is 3.38. The van der Waals surface area contributed by atoms with Crippen LogP contribution in [0.4, 0.5) is 9.52 Å². The maximum atomic E-state index is 13.2. The lowest BCUT2D eigenvalue weighted by Crippen LogP contribution is -2.14. The van der Waals surface area contributed by atoms with Crippen LogP contribution in [0.15, 0.2) is 30.5 Å². The smallest absolute Gasteiger partial charge is 0.349 e. The molecule has 1 aromatic carbocycles. The second-order valence-electron chi connectivity index (χ2n) is 5.99. The zero-order valence-corrected chi connectivity index (χ0v) is 15.2. The van der Waals surface area contributed by atoms with E-state index in [9.17, 15) is 14.0 Å². The minimum Gasteiger partial charge on any atom is -0.465 e. The molecule has 1 aliphatic carbocycles. The molecule has 7 nitrogen and oxygen atoms in total. The van der Waals surface area contributed by atoms with Gasteiger partial charge in [0.15, 0.2) is 10.8 Å². The summed E-state index contributed by atoms with van der Waals surface area (Å²) in [6.45, 7) is 0. The highest BCUT2D eigenvalue weighted by molar-refractivity contribution is 7.17. The maximum Gasteiger partial charge on any atom is 0.349 e. The van der Waals surface area contributed by atoms with Crippen molar-refractivity contribution in [2.24, 2.45) is 0 Å². The van der Waals surface area contributed by atoms with Gasteiger partial charge in [-0.2, -0.15) is 5.10 Å². The number of rotatable bonds is 4. The Kier molecular flexibility index (Phi) is 4.44. The van der Waals surface area contributed by atoms with Crippen LogP contribution in [-0.2, 0) is 17.6 Å². The van der Waals surface area contributed by atoms with E-state index < -0.39 is 5.97 Å². The van der Waals surface area contributed by atoms with E-state index in [0.29, 0.717) is 21.4 Å². The Bertz CT molecular complexity index is 1030. The van der Waals surface area contributed by atoms with Crippen LogP contribution in [0, 0.1) is 5.82 Å². The Balaban J connectivity index is 1.63. The largest absolute Gasteiger partial charge is 0.465 e. The molecule has 0 saturated heterocycles. The van der Waals surface area contributed by atoms with Crippen molar-refractivity contribution >= 4 is 28.3 Å². The molecule has 138 valence electrons. The Labute approximate surface area is 157 Å². The number of anilines is 1. The highest BCUT2D eigenvalue weighted by Crippen LogP contribution is 2.29. The molecule has 0 aliphatic heterocycles. The highest BCUT2D eigenvalue weighted by Gasteiger charge is 2.27. The normalized spacial score (nSPS) is 12.7. The van der Waals surface area contributed by atoms with Crippen LogP contribution in [0.1, 0.15) is 37.8 Å². The van der Waals surface area contributed by atoms with Gasteiger partial charge in [0.05, 0.1) is 19.0 Å². The second-order valence-corrected chi connectivity index (χ2v) is 7.02. The van der Waals surface area contributed by atoms with Crippen molar-refractivity contribution in [1.29, 1.82) is 0 Å². The zero-order chi connectivity index (χ0) is 19.0. The van der Waals surface area contributed by atoms with E-state index in [2.05, 4.69) is 20.1 Å². The van der Waals surface area contributed by atoms with Crippen molar-refractivity contribution in [1.82, 2.24) is 14.8 Å². The quantitative estimate of drug-likeness (QED) is 0.697. The van der Waals surface area contributed by atoms with Gasteiger partial charge in [-0.05, 0) is 43.5 Å². The number of esters is 1. The molecular weight excluding hydrogens is 371 g/mol. The Morgan fingerprint density at radius 1 is 1.26 bits per heavy atom. The first-order valence-electron chi connectivity index (χ1n) is 8.29. The molecule has 0 radical (unpaired) electrons. The molecule has 0 atom stereocenters. The number of aromatic nitrogens is 3. The first kappa shape index (κ1) is 17.3. The monoisotopic (exact) mass is 386 g/mol. The SMILES string of the molecule is COC(=O)c1cnc(NC(=O)c2nn(-c3ccc(F)cc3)c3c2CCC3)s1. The molecule has 3 aromatic rings. The molecule has 1 N–H and O–H groups in total. The fraction of sp³-hybridized carbons (Fsp3) is 0.222. The molecular formula is C18H15FN4O3S. The molecule has 1 amide bonds. The van der Waals surface area contributed by atoms with Gasteiger partial charge in [-0.15, -0.1) is 0 Å². The number of thiazole rings is 1. The lowest BCUT2D eigenvalue weighted by molar-refractivity contribution is 0.0606. The van der Waals surface area contributed by atoms with Crippen molar-refractivity contribution in [3.63, 3.8) is 0 Å². The van der Waals surface area contributed by atoms with Gasteiger partial charge < -0.3 is 4.74 Å². The Morgan fingerprint density at radius 3 is 2.78 bits per heavy atom. The van der Waals surface area contributed by atoms with Crippen LogP contribution in [0.25, 0.3) is 5.69 Å². The van der Waals surface area contributed by atoms with Gasteiger partial charge >= 0.3 is 5.97 Å². The van der Waals surface area contributed by atoms with Crippen LogP contribution in [-0.4, -0.2) is 33.8 Å². The molecule has 2 aromatic heterocycles. The van der Waals surface area contributed by atoms with Gasteiger partial charge in [0.25, 0.3) is 5.91 Å². The number of fused-ring (bicyclic) bond motifs is 1. The number of carbonyl (C=O) groups is 2. The number of methoxy groups -OCH3 is 1. The van der Waals surface area contributed by atoms with Crippen molar-refractivity contribution < 1.29 is 18.7 Å². The van der Waals surface area contributed by atoms with E-state index in [1.807, 2.05) is 0 Å². The summed E-state index contributed by atoms with van der Waals surface area (Å²) in [6, 6.07) is 5.99. The van der Waals surface area contributed by atoms with Crippen molar-refractivity contribution in [3.05, 3.63) is 58.1 Å². The minimum atomic E-state index is -0.505. The van der Waals surface area contributed by atoms with E-state index in [1.54, 1.807) is 16.8 Å². The summed E-state index contributed by atoms with van der Waals surface area (Å²) >= 11 is 1.03. The van der Waals surface area contributed by atoms with Crippen molar-refractivity contribution in [2.45, 2.75) is 19.3 Å². The Morgan fingerprint density at radius 2 is 2.04 bits per heavy atom. The van der Waals surface area contributed by atoms with Crippen LogP contribution < -0.4 is 5.32 Å². The maximum absolute atomic E-state index is 13.2. The molecule has 2 heterocycles. The molecule has 0 bridgehead atoms. The molecule has 0 saturated carbocycles. The van der Waals surface area contributed by atoms with Gasteiger partial charge in [-0.1, -0.05) is 11.3 Å². The number of hydrogen-bond donors (Lipinski definition) is 1. The average molecular weight is 386 g/mol. The molecule has 9 heteroatoms. The summed E-state index contributed by atoms with van der Waals surface area (Å²) in [5.74, 6) is -1.22. The topological polar surface area (TPSA) is 86.1 Å². The summed E-state index contributed by atoms with van der Waals surface area (Å²) in [6.07, 6.45) is 3.84. The second kappa shape index (κ2) is 6.92. The molecule has 1 aliphatic rings. The molecule has 27 heavy (non-hydrogen) atoms. The molecule has 0 fully saturated rings. The summed E-state index contributed by atoms with van der Waals surface area (Å²) in [4.78, 5) is 28.6. The lowest BCUT2D eigenvalue weighted by atomic mass is 10.2. The number of hydrogen-bond acceptors (Lipinski definition) is 6. The summed E-state index contributed by atoms with van der Waals surface area (Å²) in [7, 11) is 1.28. The predicted octanol–water partition coefficient (Wildman–Crippen LogP) is 3.00. The fourth-order valence-corrected chi connectivity index (χ4v) is 3.83. The number of halogens is 1. The van der Waals surface area contributed by atoms with Crippen LogP contribution in [0.5, 0.6) is 0 Å². The van der Waals surface area contributed by atoms with Gasteiger partial charge in [-0.3, -0.25) is 10.1 Å². The van der Waals surface area contributed by atoms with Crippen LogP contribution >= 0.6 is 11.3 Å². The number of benzene rings is 1. The van der Waals surface area contributed by atoms with Crippen molar-refractivity contribution in [3.8, 4) is 5.69 Å². The van der Waals surface area contributed by atoms with Crippen LogP contribution in [0.3, 0.4) is 0 Å². The van der Waals surface area contributed by atoms with Gasteiger partial charge in [0, 0.05) is 11.3 Å². The minimum absolute atomic E-state index is 0.295. The standard InChI is InChI=1S/C18H15FN4O3S/c1-26-17(25)14-9-20-18(27-14)21-16(24)15-12-3-2-4-13(12)23(22-15)11-7-5-10(19)6-8-11/h5-9H,2-4H2,1H3,(H,20,21,24). The van der Waals surface area contributed by atoms with E-state index in [0.717, 1.165) is 41.9 Å². The zero-order valence-electron chi connectivity index (χ0n) is 14.4. The number of ether oxygens (including phenoxy) is 1. The summed E-state index contributed by atoms with van der Waals surface area (Å²) < 4.78 is 19.5. The van der Waals surface area contributed by atoms with Gasteiger partial charge in [0.2, 0.25) is 0 Å². The van der Waals surface area contributed by atoms with E-state index in [4.69, 9.17) is 0 Å². The fourth-order valence-electron chi connectivity index (χ4n) is 3.10. The van der Waals surface area contributed by atoms with E-state index in [1.165, 1.54) is 25.4 Å². The summed E-state index contributed by atoms with van der Waals surface area (Å²) in [5.41, 5.74) is 2.88. The first-order chi connectivity index (χ1) is 13.1. The number of carbonyl (C=O) groups excluding carboxylic acids is 2. The van der Waals surface area contributed by atoms with Crippen molar-refractivity contribution in [2.75, 3.05) is 12.4 Å². The van der Waals surface area contributed by atoms with Crippen LogP contribution in [0.2, 0.25) is 0 Å². The third kappa shape index (κ3) is 3.21. The molecule has 0 spiro atoms.